The van der Waals surface area contributed by atoms with Crippen molar-refractivity contribution in [3.63, 3.8) is 0 Å². The largest absolute Gasteiger partial charge is 0.490 e. The minimum atomic E-state index is 0.0297. The predicted molar refractivity (Wildman–Crippen MR) is 148 cm³/mol. The Kier molecular flexibility index (Phi) is 7.60. The van der Waals surface area contributed by atoms with E-state index in [9.17, 15) is 0 Å². The molecule has 180 valence electrons. The smallest absolute Gasteiger partial charge is 0.142 e. The maximum absolute atomic E-state index is 6.78. The highest BCUT2D eigenvalue weighted by Crippen LogP contribution is 2.54. The minimum Gasteiger partial charge on any atom is -0.490 e. The lowest BCUT2D eigenvalue weighted by atomic mass is 9.80. The van der Waals surface area contributed by atoms with Crippen molar-refractivity contribution in [1.82, 2.24) is 0 Å². The Morgan fingerprint density at radius 3 is 1.34 bits per heavy atom. The van der Waals surface area contributed by atoms with Crippen LogP contribution >= 0.6 is 0 Å². The zero-order valence-corrected chi connectivity index (χ0v) is 21.7. The fourth-order valence-corrected chi connectivity index (χ4v) is 4.70. The van der Waals surface area contributed by atoms with Crippen LogP contribution in [0.15, 0.2) is 91.0 Å². The van der Waals surface area contributed by atoms with Crippen molar-refractivity contribution in [3.05, 3.63) is 102 Å². The summed E-state index contributed by atoms with van der Waals surface area (Å²) < 4.78 is 13.5. The van der Waals surface area contributed by atoms with E-state index in [4.69, 9.17) is 9.47 Å². The Morgan fingerprint density at radius 2 is 0.914 bits per heavy atom. The SMILES string of the molecule is CC(C)Oc1c(-c2ccccc2)c(C(C)C)c(-c2ccccc2)c(Oc2ccccc2)c1C(C)C. The van der Waals surface area contributed by atoms with Gasteiger partial charge in [-0.3, -0.25) is 0 Å². The van der Waals surface area contributed by atoms with Crippen LogP contribution in [0.25, 0.3) is 22.3 Å². The number of benzene rings is 4. The van der Waals surface area contributed by atoms with Crippen molar-refractivity contribution in [1.29, 1.82) is 0 Å². The predicted octanol–water partition coefficient (Wildman–Crippen LogP) is 9.85. The quantitative estimate of drug-likeness (QED) is 0.258. The first kappa shape index (κ1) is 24.6. The summed E-state index contributed by atoms with van der Waals surface area (Å²) in [5.74, 6) is 3.07. The Balaban J connectivity index is 2.20. The summed E-state index contributed by atoms with van der Waals surface area (Å²) >= 11 is 0. The molecule has 4 rings (SSSR count). The molecule has 0 aliphatic carbocycles. The molecule has 2 heteroatoms. The van der Waals surface area contributed by atoms with Crippen molar-refractivity contribution < 1.29 is 9.47 Å². The second-order valence-electron chi connectivity index (χ2n) is 9.86. The normalized spacial score (nSPS) is 11.3. The van der Waals surface area contributed by atoms with Gasteiger partial charge >= 0.3 is 0 Å². The topological polar surface area (TPSA) is 18.5 Å². The third-order valence-corrected chi connectivity index (χ3v) is 6.08. The van der Waals surface area contributed by atoms with Gasteiger partial charge in [0.15, 0.2) is 0 Å². The van der Waals surface area contributed by atoms with Gasteiger partial charge in [0, 0.05) is 16.7 Å². The van der Waals surface area contributed by atoms with Crippen molar-refractivity contribution in [3.8, 4) is 39.5 Å². The van der Waals surface area contributed by atoms with Crippen molar-refractivity contribution in [2.75, 3.05) is 0 Å². The van der Waals surface area contributed by atoms with Crippen LogP contribution in [0.1, 0.15) is 64.5 Å². The Hall–Kier alpha value is -3.52. The Morgan fingerprint density at radius 1 is 0.486 bits per heavy atom. The molecule has 0 radical (unpaired) electrons. The summed E-state index contributed by atoms with van der Waals surface area (Å²) in [7, 11) is 0. The third-order valence-electron chi connectivity index (χ3n) is 6.08. The molecule has 0 N–H and O–H groups in total. The number of para-hydroxylation sites is 1. The van der Waals surface area contributed by atoms with Crippen LogP contribution in [0.2, 0.25) is 0 Å². The fourth-order valence-electron chi connectivity index (χ4n) is 4.70. The molecule has 0 atom stereocenters. The van der Waals surface area contributed by atoms with Gasteiger partial charge < -0.3 is 9.47 Å². The van der Waals surface area contributed by atoms with Gasteiger partial charge in [0.25, 0.3) is 0 Å². The number of ether oxygens (including phenoxy) is 2. The van der Waals surface area contributed by atoms with E-state index in [0.29, 0.717) is 0 Å². The van der Waals surface area contributed by atoms with Crippen molar-refractivity contribution in [2.45, 2.75) is 59.5 Å². The molecule has 0 aromatic heterocycles. The Bertz CT molecular complexity index is 1240. The van der Waals surface area contributed by atoms with Crippen LogP contribution in [-0.2, 0) is 0 Å². The van der Waals surface area contributed by atoms with Gasteiger partial charge in [0.2, 0.25) is 0 Å². The monoisotopic (exact) mass is 464 g/mol. The molecular formula is C33H36O2. The van der Waals surface area contributed by atoms with Crippen LogP contribution in [0.4, 0.5) is 0 Å². The van der Waals surface area contributed by atoms with Gasteiger partial charge in [0.1, 0.15) is 17.2 Å². The van der Waals surface area contributed by atoms with Crippen LogP contribution in [-0.4, -0.2) is 6.10 Å². The molecule has 0 heterocycles. The lowest BCUT2D eigenvalue weighted by Crippen LogP contribution is -2.13. The van der Waals surface area contributed by atoms with Gasteiger partial charge in [-0.2, -0.15) is 0 Å². The fraction of sp³-hybridized carbons (Fsp3) is 0.273. The van der Waals surface area contributed by atoms with E-state index in [2.05, 4.69) is 102 Å². The van der Waals surface area contributed by atoms with Gasteiger partial charge in [-0.25, -0.2) is 0 Å². The molecule has 0 saturated carbocycles. The first-order chi connectivity index (χ1) is 16.9. The molecule has 0 fully saturated rings. The summed E-state index contributed by atoms with van der Waals surface area (Å²) in [6.07, 6.45) is 0.0297. The molecule has 0 aliphatic heterocycles. The zero-order valence-electron chi connectivity index (χ0n) is 21.7. The lowest BCUT2D eigenvalue weighted by Gasteiger charge is -2.30. The lowest BCUT2D eigenvalue weighted by molar-refractivity contribution is 0.239. The highest BCUT2D eigenvalue weighted by molar-refractivity contribution is 5.90. The summed E-state index contributed by atoms with van der Waals surface area (Å²) in [5, 5.41) is 0. The summed E-state index contributed by atoms with van der Waals surface area (Å²) in [6.45, 7) is 13.1. The number of hydrogen-bond donors (Lipinski definition) is 0. The molecule has 4 aromatic carbocycles. The van der Waals surface area contributed by atoms with Crippen molar-refractivity contribution >= 4 is 0 Å². The van der Waals surface area contributed by atoms with Crippen LogP contribution in [0.5, 0.6) is 17.2 Å². The van der Waals surface area contributed by atoms with E-state index < -0.39 is 0 Å². The second kappa shape index (κ2) is 10.8. The molecule has 0 saturated heterocycles. The molecule has 0 aliphatic rings. The summed E-state index contributed by atoms with van der Waals surface area (Å²) in [5.41, 5.74) is 6.97. The van der Waals surface area contributed by atoms with E-state index in [-0.39, 0.29) is 17.9 Å². The molecule has 0 bridgehead atoms. The second-order valence-corrected chi connectivity index (χ2v) is 9.86. The number of rotatable bonds is 8. The van der Waals surface area contributed by atoms with Crippen LogP contribution < -0.4 is 9.47 Å². The highest BCUT2D eigenvalue weighted by atomic mass is 16.5. The molecule has 0 spiro atoms. The molecule has 2 nitrogen and oxygen atoms in total. The summed E-state index contributed by atoms with van der Waals surface area (Å²) in [6, 6.07) is 31.3. The van der Waals surface area contributed by atoms with E-state index in [1.807, 2.05) is 30.3 Å². The van der Waals surface area contributed by atoms with Crippen LogP contribution in [0, 0.1) is 0 Å². The Labute approximate surface area is 210 Å². The zero-order chi connectivity index (χ0) is 24.9. The minimum absolute atomic E-state index is 0.0297. The maximum atomic E-state index is 6.78. The van der Waals surface area contributed by atoms with Crippen LogP contribution in [0.3, 0.4) is 0 Å². The van der Waals surface area contributed by atoms with Gasteiger partial charge in [-0.15, -0.1) is 0 Å². The van der Waals surface area contributed by atoms with E-state index in [1.165, 1.54) is 5.56 Å². The van der Waals surface area contributed by atoms with E-state index in [1.54, 1.807) is 0 Å². The molecule has 0 amide bonds. The average molecular weight is 465 g/mol. The third kappa shape index (κ3) is 5.27. The van der Waals surface area contributed by atoms with Gasteiger partial charge in [-0.05, 0) is 54.5 Å². The molecular weight excluding hydrogens is 428 g/mol. The van der Waals surface area contributed by atoms with Crippen molar-refractivity contribution in [2.24, 2.45) is 0 Å². The molecule has 35 heavy (non-hydrogen) atoms. The molecule has 4 aromatic rings. The first-order valence-corrected chi connectivity index (χ1v) is 12.6. The highest BCUT2D eigenvalue weighted by Gasteiger charge is 2.31. The van der Waals surface area contributed by atoms with E-state index >= 15 is 0 Å². The van der Waals surface area contributed by atoms with Gasteiger partial charge in [-0.1, -0.05) is 107 Å². The first-order valence-electron chi connectivity index (χ1n) is 12.6. The molecule has 0 unspecified atom stereocenters. The average Bonchev–Trinajstić information content (AvgIpc) is 2.84. The maximum Gasteiger partial charge on any atom is 0.142 e. The summed E-state index contributed by atoms with van der Waals surface area (Å²) in [4.78, 5) is 0. The van der Waals surface area contributed by atoms with E-state index in [0.717, 1.165) is 45.1 Å². The standard InChI is InChI=1S/C33H36O2/c1-22(2)28-30(25-16-10-7-11-17-25)32(34-24(5)6)29(23(3)4)33(35-27-20-14-9-15-21-27)31(28)26-18-12-8-13-19-26/h7-24H,1-6H3. The van der Waals surface area contributed by atoms with Gasteiger partial charge in [0.05, 0.1) is 6.10 Å². The number of hydrogen-bond acceptors (Lipinski definition) is 2.